The molecular weight excluding hydrogens is 246 g/mol. The van der Waals surface area contributed by atoms with Gasteiger partial charge in [-0.25, -0.2) is 0 Å². The molecule has 2 N–H and O–H groups in total. The summed E-state index contributed by atoms with van der Waals surface area (Å²) in [6.45, 7) is 3.08. The van der Waals surface area contributed by atoms with Crippen molar-refractivity contribution in [2.45, 2.75) is 63.0 Å². The number of ether oxygens (including phenoxy) is 1. The van der Waals surface area contributed by atoms with Gasteiger partial charge in [-0.15, -0.1) is 0 Å². The fourth-order valence-electron chi connectivity index (χ4n) is 4.12. The zero-order valence-corrected chi connectivity index (χ0v) is 12.6. The Bertz CT molecular complexity index is 428. The molecule has 20 heavy (non-hydrogen) atoms. The summed E-state index contributed by atoms with van der Waals surface area (Å²) >= 11 is 0. The molecular formula is C18H27NO. The van der Waals surface area contributed by atoms with E-state index >= 15 is 0 Å². The van der Waals surface area contributed by atoms with E-state index in [-0.39, 0.29) is 11.1 Å². The van der Waals surface area contributed by atoms with Crippen LogP contribution in [0.15, 0.2) is 30.3 Å². The van der Waals surface area contributed by atoms with Crippen LogP contribution in [0.2, 0.25) is 0 Å². The lowest BCUT2D eigenvalue weighted by Crippen LogP contribution is -2.50. The fraction of sp³-hybridized carbons (Fsp3) is 0.667. The van der Waals surface area contributed by atoms with Crippen LogP contribution in [0.3, 0.4) is 0 Å². The number of hydrogen-bond donors (Lipinski definition) is 1. The lowest BCUT2D eigenvalue weighted by molar-refractivity contribution is -0.127. The Kier molecular flexibility index (Phi) is 3.87. The predicted octanol–water partition coefficient (Wildman–Crippen LogP) is 3.99. The fourth-order valence-corrected chi connectivity index (χ4v) is 4.12. The van der Waals surface area contributed by atoms with Crippen LogP contribution < -0.4 is 5.73 Å². The van der Waals surface area contributed by atoms with E-state index in [1.54, 1.807) is 0 Å². The molecule has 2 aliphatic rings. The average Bonchev–Trinajstić information content (AvgIpc) is 2.49. The lowest BCUT2D eigenvalue weighted by Gasteiger charge is -2.48. The van der Waals surface area contributed by atoms with Gasteiger partial charge in [0.15, 0.2) is 0 Å². The van der Waals surface area contributed by atoms with Gasteiger partial charge in [-0.3, -0.25) is 0 Å². The summed E-state index contributed by atoms with van der Waals surface area (Å²) in [4.78, 5) is 0. The molecule has 2 fully saturated rings. The first-order valence-electron chi connectivity index (χ1n) is 8.11. The van der Waals surface area contributed by atoms with Gasteiger partial charge >= 0.3 is 0 Å². The summed E-state index contributed by atoms with van der Waals surface area (Å²) in [5.74, 6) is 0.525. The molecule has 1 aromatic carbocycles. The summed E-state index contributed by atoms with van der Waals surface area (Å²) in [5, 5.41) is 0. The Morgan fingerprint density at radius 3 is 2.55 bits per heavy atom. The maximum absolute atomic E-state index is 6.75. The minimum atomic E-state index is -0.241. The molecule has 2 unspecified atom stereocenters. The molecule has 0 aromatic heterocycles. The van der Waals surface area contributed by atoms with E-state index in [4.69, 9.17) is 10.5 Å². The van der Waals surface area contributed by atoms with Crippen molar-refractivity contribution in [2.75, 3.05) is 6.61 Å². The van der Waals surface area contributed by atoms with Crippen LogP contribution in [0, 0.1) is 5.92 Å². The highest BCUT2D eigenvalue weighted by Crippen LogP contribution is 2.45. The molecule has 1 aromatic rings. The van der Waals surface area contributed by atoms with Crippen molar-refractivity contribution in [2.24, 2.45) is 11.7 Å². The van der Waals surface area contributed by atoms with Crippen LogP contribution in [0.5, 0.6) is 0 Å². The smallest absolute Gasteiger partial charge is 0.0686 e. The summed E-state index contributed by atoms with van der Waals surface area (Å²) < 4.78 is 6.21. The lowest BCUT2D eigenvalue weighted by atomic mass is 9.68. The first-order valence-corrected chi connectivity index (χ1v) is 8.11. The van der Waals surface area contributed by atoms with Gasteiger partial charge in [-0.1, -0.05) is 49.6 Å². The van der Waals surface area contributed by atoms with Gasteiger partial charge in [0.05, 0.1) is 5.60 Å². The number of rotatable bonds is 2. The van der Waals surface area contributed by atoms with Gasteiger partial charge in [0.25, 0.3) is 0 Å². The van der Waals surface area contributed by atoms with Gasteiger partial charge in [0.2, 0.25) is 0 Å². The molecule has 0 radical (unpaired) electrons. The maximum Gasteiger partial charge on any atom is 0.0686 e. The largest absolute Gasteiger partial charge is 0.375 e. The van der Waals surface area contributed by atoms with Gasteiger partial charge in [0, 0.05) is 12.1 Å². The van der Waals surface area contributed by atoms with Crippen LogP contribution in [0.1, 0.15) is 57.4 Å². The van der Waals surface area contributed by atoms with Crippen LogP contribution in [-0.2, 0) is 10.3 Å². The van der Waals surface area contributed by atoms with Gasteiger partial charge in [-0.2, -0.15) is 0 Å². The SMILES string of the molecule is CC(N)(c1ccccc1)C1CCOC2(CCCCC2)C1. The monoisotopic (exact) mass is 273 g/mol. The topological polar surface area (TPSA) is 35.2 Å². The van der Waals surface area contributed by atoms with Crippen molar-refractivity contribution in [3.63, 3.8) is 0 Å². The molecule has 1 spiro atoms. The van der Waals surface area contributed by atoms with Crippen molar-refractivity contribution < 1.29 is 4.74 Å². The van der Waals surface area contributed by atoms with Crippen molar-refractivity contribution in [3.05, 3.63) is 35.9 Å². The third-order valence-corrected chi connectivity index (χ3v) is 5.50. The first kappa shape index (κ1) is 14.1. The van der Waals surface area contributed by atoms with E-state index in [0.717, 1.165) is 19.4 Å². The molecule has 1 aliphatic heterocycles. The summed E-state index contributed by atoms with van der Waals surface area (Å²) in [6.07, 6.45) is 8.69. The zero-order valence-electron chi connectivity index (χ0n) is 12.6. The third kappa shape index (κ3) is 2.64. The van der Waals surface area contributed by atoms with Crippen LogP contribution in [0.4, 0.5) is 0 Å². The average molecular weight is 273 g/mol. The van der Waals surface area contributed by atoms with E-state index in [1.807, 2.05) is 0 Å². The molecule has 2 nitrogen and oxygen atoms in total. The Balaban J connectivity index is 1.79. The Morgan fingerprint density at radius 2 is 1.85 bits per heavy atom. The summed E-state index contributed by atoms with van der Waals surface area (Å²) in [5.41, 5.74) is 7.90. The highest BCUT2D eigenvalue weighted by molar-refractivity contribution is 5.24. The van der Waals surface area contributed by atoms with Gasteiger partial charge in [-0.05, 0) is 44.1 Å². The minimum absolute atomic E-state index is 0.135. The predicted molar refractivity (Wildman–Crippen MR) is 82.5 cm³/mol. The number of hydrogen-bond acceptors (Lipinski definition) is 2. The van der Waals surface area contributed by atoms with Crippen molar-refractivity contribution in [1.29, 1.82) is 0 Å². The van der Waals surface area contributed by atoms with Crippen molar-refractivity contribution in [1.82, 2.24) is 0 Å². The third-order valence-electron chi connectivity index (χ3n) is 5.50. The highest BCUT2D eigenvalue weighted by atomic mass is 16.5. The molecule has 0 amide bonds. The Hall–Kier alpha value is -0.860. The second-order valence-electron chi connectivity index (χ2n) is 6.93. The van der Waals surface area contributed by atoms with Crippen molar-refractivity contribution >= 4 is 0 Å². The van der Waals surface area contributed by atoms with E-state index in [1.165, 1.54) is 37.7 Å². The summed E-state index contributed by atoms with van der Waals surface area (Å²) in [7, 11) is 0. The summed E-state index contributed by atoms with van der Waals surface area (Å²) in [6, 6.07) is 10.6. The molecule has 0 bridgehead atoms. The molecule has 1 saturated carbocycles. The standard InChI is InChI=1S/C18H27NO/c1-17(19,15-8-4-2-5-9-15)16-10-13-20-18(14-16)11-6-3-7-12-18/h2,4-5,8-9,16H,3,6-7,10-14,19H2,1H3. The van der Waals surface area contributed by atoms with E-state index in [0.29, 0.717) is 5.92 Å². The number of benzene rings is 1. The Morgan fingerprint density at radius 1 is 1.15 bits per heavy atom. The molecule has 1 heterocycles. The maximum atomic E-state index is 6.75. The van der Waals surface area contributed by atoms with Crippen LogP contribution in [-0.4, -0.2) is 12.2 Å². The molecule has 1 saturated heterocycles. The minimum Gasteiger partial charge on any atom is -0.375 e. The highest BCUT2D eigenvalue weighted by Gasteiger charge is 2.44. The van der Waals surface area contributed by atoms with Crippen LogP contribution >= 0.6 is 0 Å². The second kappa shape index (κ2) is 5.50. The van der Waals surface area contributed by atoms with Crippen molar-refractivity contribution in [3.8, 4) is 0 Å². The second-order valence-corrected chi connectivity index (χ2v) is 6.93. The van der Waals surface area contributed by atoms with E-state index in [2.05, 4.69) is 37.3 Å². The quantitative estimate of drug-likeness (QED) is 0.884. The first-order chi connectivity index (χ1) is 9.62. The Labute approximate surface area is 122 Å². The normalized spacial score (nSPS) is 29.0. The number of nitrogens with two attached hydrogens (primary N) is 1. The molecule has 3 rings (SSSR count). The van der Waals surface area contributed by atoms with Gasteiger partial charge in [0.1, 0.15) is 0 Å². The van der Waals surface area contributed by atoms with Crippen LogP contribution in [0.25, 0.3) is 0 Å². The molecule has 2 atom stereocenters. The molecule has 2 heteroatoms. The zero-order chi connectivity index (χ0) is 14.1. The van der Waals surface area contributed by atoms with E-state index in [9.17, 15) is 0 Å². The molecule has 110 valence electrons. The van der Waals surface area contributed by atoms with Gasteiger partial charge < -0.3 is 10.5 Å². The van der Waals surface area contributed by atoms with E-state index < -0.39 is 0 Å². The molecule has 1 aliphatic carbocycles.